The lowest BCUT2D eigenvalue weighted by atomic mass is 10.2. The third kappa shape index (κ3) is 3.64. The Labute approximate surface area is 113 Å². The molecule has 0 aliphatic heterocycles. The van der Waals surface area contributed by atoms with Crippen molar-refractivity contribution in [2.45, 2.75) is 24.7 Å². The summed E-state index contributed by atoms with van der Waals surface area (Å²) >= 11 is 5.91. The first-order valence-electron chi connectivity index (χ1n) is 5.37. The Morgan fingerprint density at radius 3 is 2.72 bits per heavy atom. The maximum absolute atomic E-state index is 11.9. The monoisotopic (exact) mass is 286 g/mol. The predicted octanol–water partition coefficient (Wildman–Crippen LogP) is 1.92. The molecule has 0 amide bonds. The summed E-state index contributed by atoms with van der Waals surface area (Å²) in [5.74, 6) is 2.44. The molecule has 18 heavy (non-hydrogen) atoms. The van der Waals surface area contributed by atoms with Crippen molar-refractivity contribution in [3.8, 4) is 12.3 Å². The Kier molecular flexibility index (Phi) is 5.03. The van der Waals surface area contributed by atoms with Crippen LogP contribution >= 0.6 is 11.6 Å². The molecule has 0 spiro atoms. The van der Waals surface area contributed by atoms with Gasteiger partial charge >= 0.3 is 0 Å². The molecule has 6 heteroatoms. The molecule has 0 bridgehead atoms. The molecule has 0 heterocycles. The van der Waals surface area contributed by atoms with Gasteiger partial charge in [0.15, 0.2) is 0 Å². The number of anilines is 1. The van der Waals surface area contributed by atoms with E-state index in [1.807, 2.05) is 0 Å². The number of hydrogen-bond acceptors (Lipinski definition) is 3. The van der Waals surface area contributed by atoms with E-state index >= 15 is 0 Å². The lowest BCUT2D eigenvalue weighted by Gasteiger charge is -2.09. The molecule has 98 valence electrons. The van der Waals surface area contributed by atoms with E-state index in [-0.39, 0.29) is 11.4 Å². The predicted molar refractivity (Wildman–Crippen MR) is 73.9 cm³/mol. The minimum atomic E-state index is -3.59. The summed E-state index contributed by atoms with van der Waals surface area (Å²) in [6, 6.07) is 2.78. The van der Waals surface area contributed by atoms with Crippen molar-refractivity contribution < 1.29 is 8.42 Å². The second kappa shape index (κ2) is 6.10. The Hall–Kier alpha value is -1.22. The zero-order chi connectivity index (χ0) is 13.8. The van der Waals surface area contributed by atoms with Gasteiger partial charge in [0.1, 0.15) is 0 Å². The number of nitrogens with two attached hydrogens (primary N) is 1. The smallest absolute Gasteiger partial charge is 0.240 e. The van der Waals surface area contributed by atoms with Gasteiger partial charge in [0.2, 0.25) is 10.0 Å². The number of unbranched alkanes of at least 4 members (excludes halogenated alkanes) is 1. The standard InChI is InChI=1S/C12H15ClN2O2S/c1-3-4-5-6-15-18(16,17)10-7-11(13)9(2)12(14)8-10/h1,7-8,15H,4-6,14H2,2H3. The van der Waals surface area contributed by atoms with Gasteiger partial charge < -0.3 is 5.73 Å². The van der Waals surface area contributed by atoms with Crippen molar-refractivity contribution in [3.63, 3.8) is 0 Å². The highest BCUT2D eigenvalue weighted by Gasteiger charge is 2.16. The zero-order valence-corrected chi connectivity index (χ0v) is 11.6. The van der Waals surface area contributed by atoms with Crippen molar-refractivity contribution in [1.29, 1.82) is 0 Å². The number of benzene rings is 1. The molecule has 4 nitrogen and oxygen atoms in total. The van der Waals surface area contributed by atoms with Gasteiger partial charge in [-0.15, -0.1) is 12.3 Å². The van der Waals surface area contributed by atoms with E-state index in [1.54, 1.807) is 6.92 Å². The van der Waals surface area contributed by atoms with Gasteiger partial charge in [0.05, 0.1) is 4.90 Å². The largest absolute Gasteiger partial charge is 0.398 e. The van der Waals surface area contributed by atoms with Crippen LogP contribution in [0.15, 0.2) is 17.0 Å². The minimum Gasteiger partial charge on any atom is -0.398 e. The number of terminal acetylenes is 1. The Bertz CT molecular complexity index is 553. The lowest BCUT2D eigenvalue weighted by Crippen LogP contribution is -2.25. The van der Waals surface area contributed by atoms with Crippen LogP contribution in [0.3, 0.4) is 0 Å². The van der Waals surface area contributed by atoms with Crippen molar-refractivity contribution >= 4 is 27.3 Å². The SMILES string of the molecule is C#CCCCNS(=O)(=O)c1cc(N)c(C)c(Cl)c1. The van der Waals surface area contributed by atoms with Crippen LogP contribution < -0.4 is 10.5 Å². The molecule has 1 rings (SSSR count). The van der Waals surface area contributed by atoms with Gasteiger partial charge in [-0.05, 0) is 31.0 Å². The number of hydrogen-bond donors (Lipinski definition) is 2. The average Bonchev–Trinajstić information content (AvgIpc) is 2.31. The van der Waals surface area contributed by atoms with Crippen molar-refractivity contribution in [3.05, 3.63) is 22.7 Å². The molecule has 1 aromatic carbocycles. The van der Waals surface area contributed by atoms with Crippen LogP contribution in [-0.2, 0) is 10.0 Å². The van der Waals surface area contributed by atoms with E-state index in [2.05, 4.69) is 10.6 Å². The highest BCUT2D eigenvalue weighted by Crippen LogP contribution is 2.25. The van der Waals surface area contributed by atoms with E-state index < -0.39 is 10.0 Å². The van der Waals surface area contributed by atoms with Gasteiger partial charge in [0, 0.05) is 23.7 Å². The van der Waals surface area contributed by atoms with E-state index in [0.29, 0.717) is 29.1 Å². The normalized spacial score (nSPS) is 11.2. The summed E-state index contributed by atoms with van der Waals surface area (Å²) in [6.45, 7) is 2.02. The quantitative estimate of drug-likeness (QED) is 0.493. The summed E-state index contributed by atoms with van der Waals surface area (Å²) < 4.78 is 26.3. The molecule has 0 unspecified atom stereocenters. The van der Waals surface area contributed by atoms with Crippen molar-refractivity contribution in [1.82, 2.24) is 4.72 Å². The van der Waals surface area contributed by atoms with Crippen LogP contribution in [0.4, 0.5) is 5.69 Å². The maximum atomic E-state index is 11.9. The molecule has 0 fully saturated rings. The first kappa shape index (κ1) is 14.8. The highest BCUT2D eigenvalue weighted by atomic mass is 35.5. The number of halogens is 1. The van der Waals surface area contributed by atoms with E-state index in [4.69, 9.17) is 23.8 Å². The number of nitrogens with one attached hydrogen (secondary N) is 1. The average molecular weight is 287 g/mol. The molecule has 0 radical (unpaired) electrons. The maximum Gasteiger partial charge on any atom is 0.240 e. The van der Waals surface area contributed by atoms with E-state index in [0.717, 1.165) is 0 Å². The molecule has 0 aromatic heterocycles. The molecule has 0 saturated carbocycles. The first-order valence-corrected chi connectivity index (χ1v) is 7.23. The van der Waals surface area contributed by atoms with Gasteiger partial charge in [0.25, 0.3) is 0 Å². The molecular weight excluding hydrogens is 272 g/mol. The van der Waals surface area contributed by atoms with Gasteiger partial charge in [-0.3, -0.25) is 0 Å². The van der Waals surface area contributed by atoms with Gasteiger partial charge in [-0.25, -0.2) is 13.1 Å². The van der Waals surface area contributed by atoms with Crippen LogP contribution in [0.2, 0.25) is 5.02 Å². The lowest BCUT2D eigenvalue weighted by molar-refractivity contribution is 0.579. The fourth-order valence-electron chi connectivity index (χ4n) is 1.31. The van der Waals surface area contributed by atoms with Crippen molar-refractivity contribution in [2.75, 3.05) is 12.3 Å². The van der Waals surface area contributed by atoms with Crippen LogP contribution in [0.25, 0.3) is 0 Å². The molecule has 0 atom stereocenters. The fourth-order valence-corrected chi connectivity index (χ4v) is 2.74. The summed E-state index contributed by atoms with van der Waals surface area (Å²) in [5, 5.41) is 0.332. The number of rotatable bonds is 5. The van der Waals surface area contributed by atoms with Crippen LogP contribution in [-0.4, -0.2) is 15.0 Å². The third-order valence-electron chi connectivity index (χ3n) is 2.46. The second-order valence-corrected chi connectivity index (χ2v) is 6.00. The Morgan fingerprint density at radius 1 is 1.50 bits per heavy atom. The molecule has 0 saturated heterocycles. The molecular formula is C12H15ClN2O2S. The summed E-state index contributed by atoms with van der Waals surface area (Å²) in [7, 11) is -3.59. The molecule has 1 aromatic rings. The van der Waals surface area contributed by atoms with Crippen molar-refractivity contribution in [2.24, 2.45) is 0 Å². The number of nitrogen functional groups attached to an aromatic ring is 1. The minimum absolute atomic E-state index is 0.0660. The topological polar surface area (TPSA) is 72.2 Å². The Morgan fingerprint density at radius 2 is 2.17 bits per heavy atom. The van der Waals surface area contributed by atoms with E-state index in [1.165, 1.54) is 12.1 Å². The summed E-state index contributed by atoms with van der Waals surface area (Å²) in [6.07, 6.45) is 6.20. The summed E-state index contributed by atoms with van der Waals surface area (Å²) in [5.41, 5.74) is 6.71. The first-order chi connectivity index (χ1) is 8.38. The molecule has 0 aliphatic carbocycles. The van der Waals surface area contributed by atoms with Gasteiger partial charge in [-0.2, -0.15) is 0 Å². The number of sulfonamides is 1. The fraction of sp³-hybridized carbons (Fsp3) is 0.333. The van der Waals surface area contributed by atoms with Crippen LogP contribution in [0.1, 0.15) is 18.4 Å². The molecule has 0 aliphatic rings. The van der Waals surface area contributed by atoms with Crippen LogP contribution in [0.5, 0.6) is 0 Å². The second-order valence-electron chi connectivity index (χ2n) is 3.82. The Balaban J connectivity index is 2.89. The third-order valence-corrected chi connectivity index (χ3v) is 4.29. The summed E-state index contributed by atoms with van der Waals surface area (Å²) in [4.78, 5) is 0.0660. The van der Waals surface area contributed by atoms with E-state index in [9.17, 15) is 8.42 Å². The van der Waals surface area contributed by atoms with Gasteiger partial charge in [-0.1, -0.05) is 11.6 Å². The molecule has 3 N–H and O–H groups in total. The zero-order valence-electron chi connectivity index (χ0n) is 10.0. The van der Waals surface area contributed by atoms with Crippen LogP contribution in [0, 0.1) is 19.3 Å². The highest BCUT2D eigenvalue weighted by molar-refractivity contribution is 7.89.